The fourth-order valence-corrected chi connectivity index (χ4v) is 1.95. The molecule has 2 heterocycles. The highest BCUT2D eigenvalue weighted by molar-refractivity contribution is 6.62. The maximum absolute atomic E-state index is 6.03. The van der Waals surface area contributed by atoms with E-state index in [2.05, 4.69) is 10.3 Å². The van der Waals surface area contributed by atoms with Gasteiger partial charge in [0.2, 0.25) is 0 Å². The Bertz CT molecular complexity index is 449. The number of aromatic nitrogens is 1. The molecule has 0 radical (unpaired) electrons. The molecule has 5 nitrogen and oxygen atoms in total. The van der Waals surface area contributed by atoms with Crippen LogP contribution in [0.5, 0.6) is 0 Å². The zero-order valence-corrected chi connectivity index (χ0v) is 12.9. The minimum Gasteiger partial charge on any atom is -0.399 e. The normalized spacial score (nSPS) is 20.1. The molecule has 0 bridgehead atoms. The Morgan fingerprint density at radius 2 is 1.90 bits per heavy atom. The molecule has 1 aromatic rings. The summed E-state index contributed by atoms with van der Waals surface area (Å²) < 4.78 is 17.1. The van der Waals surface area contributed by atoms with Crippen molar-refractivity contribution in [3.8, 4) is 0 Å². The Balaban J connectivity index is 2.09. The first-order valence-corrected chi connectivity index (χ1v) is 6.90. The van der Waals surface area contributed by atoms with Crippen molar-refractivity contribution in [2.45, 2.75) is 38.9 Å². The first-order valence-electron chi connectivity index (χ1n) is 6.90. The van der Waals surface area contributed by atoms with Crippen LogP contribution in [0.25, 0.3) is 0 Å². The first-order chi connectivity index (χ1) is 9.36. The zero-order chi connectivity index (χ0) is 14.8. The predicted octanol–water partition coefficient (Wildman–Crippen LogP) is 1.44. The first kappa shape index (κ1) is 15.3. The second kappa shape index (κ2) is 5.72. The zero-order valence-electron chi connectivity index (χ0n) is 12.9. The fraction of sp³-hybridized carbons (Fsp3) is 0.643. The van der Waals surface area contributed by atoms with Gasteiger partial charge >= 0.3 is 7.12 Å². The lowest BCUT2D eigenvalue weighted by molar-refractivity contribution is 0.00578. The number of methoxy groups -OCH3 is 1. The van der Waals surface area contributed by atoms with Gasteiger partial charge in [0.1, 0.15) is 5.82 Å². The highest BCUT2D eigenvalue weighted by Crippen LogP contribution is 2.36. The lowest BCUT2D eigenvalue weighted by Gasteiger charge is -2.32. The molecule has 20 heavy (non-hydrogen) atoms. The molecule has 1 N–H and O–H groups in total. The number of ether oxygens (including phenoxy) is 1. The van der Waals surface area contributed by atoms with E-state index in [1.165, 1.54) is 0 Å². The molecule has 2 rings (SSSR count). The summed E-state index contributed by atoms with van der Waals surface area (Å²) in [6.45, 7) is 9.55. The third kappa shape index (κ3) is 3.14. The van der Waals surface area contributed by atoms with Gasteiger partial charge in [0.15, 0.2) is 0 Å². The summed E-state index contributed by atoms with van der Waals surface area (Å²) >= 11 is 0. The summed E-state index contributed by atoms with van der Waals surface area (Å²) in [7, 11) is 1.32. The van der Waals surface area contributed by atoms with Crippen LogP contribution in [-0.4, -0.2) is 43.6 Å². The topological polar surface area (TPSA) is 52.6 Å². The summed E-state index contributed by atoms with van der Waals surface area (Å²) in [6, 6.07) is 3.88. The van der Waals surface area contributed by atoms with Gasteiger partial charge in [0.25, 0.3) is 0 Å². The molecule has 0 atom stereocenters. The Labute approximate surface area is 121 Å². The third-order valence-corrected chi connectivity index (χ3v) is 3.92. The van der Waals surface area contributed by atoms with Crippen molar-refractivity contribution in [1.82, 2.24) is 4.98 Å². The summed E-state index contributed by atoms with van der Waals surface area (Å²) in [6.07, 6.45) is 1.76. The summed E-state index contributed by atoms with van der Waals surface area (Å²) in [5, 5.41) is 3.20. The molecule has 1 saturated heterocycles. The van der Waals surface area contributed by atoms with Crippen molar-refractivity contribution in [2.75, 3.05) is 25.6 Å². The van der Waals surface area contributed by atoms with Gasteiger partial charge in [-0.2, -0.15) is 0 Å². The molecule has 6 heteroatoms. The van der Waals surface area contributed by atoms with Gasteiger partial charge in [-0.1, -0.05) is 0 Å². The summed E-state index contributed by atoms with van der Waals surface area (Å²) in [4.78, 5) is 4.28. The van der Waals surface area contributed by atoms with Crippen molar-refractivity contribution >= 4 is 18.4 Å². The van der Waals surface area contributed by atoms with Crippen molar-refractivity contribution in [2.24, 2.45) is 0 Å². The van der Waals surface area contributed by atoms with Crippen molar-refractivity contribution in [3.63, 3.8) is 0 Å². The molecule has 0 saturated carbocycles. The summed E-state index contributed by atoms with van der Waals surface area (Å²) in [5.74, 6) is 0.800. The van der Waals surface area contributed by atoms with E-state index in [1.54, 1.807) is 13.3 Å². The van der Waals surface area contributed by atoms with Crippen LogP contribution in [0.3, 0.4) is 0 Å². The monoisotopic (exact) mass is 278 g/mol. The van der Waals surface area contributed by atoms with E-state index in [0.29, 0.717) is 6.61 Å². The maximum atomic E-state index is 6.03. The molecule has 0 spiro atoms. The number of hydrogen-bond acceptors (Lipinski definition) is 5. The van der Waals surface area contributed by atoms with Crippen molar-refractivity contribution < 1.29 is 14.0 Å². The number of pyridine rings is 1. The highest BCUT2D eigenvalue weighted by Gasteiger charge is 2.51. The van der Waals surface area contributed by atoms with Crippen LogP contribution in [-0.2, 0) is 14.0 Å². The van der Waals surface area contributed by atoms with E-state index in [9.17, 15) is 0 Å². The smallest absolute Gasteiger partial charge is 0.399 e. The Morgan fingerprint density at radius 3 is 2.50 bits per heavy atom. The summed E-state index contributed by atoms with van der Waals surface area (Å²) in [5.41, 5.74) is 0.313. The molecule has 1 fully saturated rings. The molecule has 1 aromatic heterocycles. The quantitative estimate of drug-likeness (QED) is 0.652. The van der Waals surface area contributed by atoms with Crippen LogP contribution in [0.15, 0.2) is 18.3 Å². The van der Waals surface area contributed by atoms with E-state index in [0.717, 1.165) is 17.8 Å². The molecule has 0 unspecified atom stereocenters. The third-order valence-electron chi connectivity index (χ3n) is 3.92. The van der Waals surface area contributed by atoms with Crippen molar-refractivity contribution in [3.05, 3.63) is 18.3 Å². The van der Waals surface area contributed by atoms with Crippen LogP contribution < -0.4 is 10.8 Å². The molecule has 110 valence electrons. The highest BCUT2D eigenvalue weighted by atomic mass is 16.7. The fourth-order valence-electron chi connectivity index (χ4n) is 1.95. The van der Waals surface area contributed by atoms with Crippen LogP contribution in [0, 0.1) is 0 Å². The number of rotatable bonds is 5. The lowest BCUT2D eigenvalue weighted by atomic mass is 9.80. The van der Waals surface area contributed by atoms with Crippen molar-refractivity contribution in [1.29, 1.82) is 0 Å². The molecule has 0 amide bonds. The van der Waals surface area contributed by atoms with Crippen LogP contribution in [0.4, 0.5) is 5.82 Å². The lowest BCUT2D eigenvalue weighted by Crippen LogP contribution is -2.41. The van der Waals surface area contributed by atoms with Gasteiger partial charge in [-0.15, -0.1) is 0 Å². The van der Waals surface area contributed by atoms with Gasteiger partial charge in [0, 0.05) is 19.9 Å². The molecular formula is C14H23BN2O3. The van der Waals surface area contributed by atoms with E-state index in [1.807, 2.05) is 39.8 Å². The average Bonchev–Trinajstić information content (AvgIpc) is 2.59. The van der Waals surface area contributed by atoms with Gasteiger partial charge in [-0.25, -0.2) is 4.98 Å². The van der Waals surface area contributed by atoms with E-state index >= 15 is 0 Å². The standard InChI is InChI=1S/C14H23BN2O3/c1-13(2)14(3,4)20-15(19-13)11-6-7-16-12(10-11)17-8-9-18-5/h6-7,10H,8-9H2,1-5H3,(H,16,17). The van der Waals surface area contributed by atoms with E-state index in [4.69, 9.17) is 14.0 Å². The number of nitrogens with zero attached hydrogens (tertiary/aromatic N) is 1. The SMILES string of the molecule is COCCNc1cc(B2OC(C)(C)C(C)(C)O2)ccn1. The minimum absolute atomic E-state index is 0.329. The van der Waals surface area contributed by atoms with Crippen LogP contribution in [0.2, 0.25) is 0 Å². The van der Waals surface area contributed by atoms with Gasteiger partial charge in [0.05, 0.1) is 17.8 Å². The largest absolute Gasteiger partial charge is 0.495 e. The van der Waals surface area contributed by atoms with Crippen LogP contribution in [0.1, 0.15) is 27.7 Å². The van der Waals surface area contributed by atoms with Gasteiger partial charge < -0.3 is 19.4 Å². The maximum Gasteiger partial charge on any atom is 0.495 e. The number of nitrogens with one attached hydrogen (secondary N) is 1. The molecule has 0 aliphatic carbocycles. The van der Waals surface area contributed by atoms with Gasteiger partial charge in [-0.05, 0) is 45.3 Å². The Kier molecular flexibility index (Phi) is 4.37. The van der Waals surface area contributed by atoms with Crippen LogP contribution >= 0.6 is 0 Å². The Hall–Kier alpha value is -1.11. The molecule has 0 aromatic carbocycles. The van der Waals surface area contributed by atoms with E-state index in [-0.39, 0.29) is 18.3 Å². The van der Waals surface area contributed by atoms with E-state index < -0.39 is 0 Å². The minimum atomic E-state index is -0.356. The molecule has 1 aliphatic heterocycles. The second-order valence-electron chi connectivity index (χ2n) is 5.98. The Morgan fingerprint density at radius 1 is 1.25 bits per heavy atom. The second-order valence-corrected chi connectivity index (χ2v) is 5.98. The molecular weight excluding hydrogens is 255 g/mol. The number of hydrogen-bond donors (Lipinski definition) is 1. The average molecular weight is 278 g/mol. The predicted molar refractivity (Wildman–Crippen MR) is 80.3 cm³/mol. The number of anilines is 1. The van der Waals surface area contributed by atoms with Gasteiger partial charge in [-0.3, -0.25) is 0 Å². The molecule has 1 aliphatic rings.